The Kier molecular flexibility index (Phi) is 11.1. The lowest BCUT2D eigenvalue weighted by Crippen LogP contribution is -2.41. The molecule has 1 aromatic rings. The Morgan fingerprint density at radius 3 is 2.62 bits per heavy atom. The number of nitrogens with zero attached hydrogens (tertiary/aromatic N) is 1. The molecule has 146 valence electrons. The number of benzene rings is 1. The Hall–Kier alpha value is -1.51. The fraction of sp³-hybridized carbons (Fsp3) is 0.579. The third kappa shape index (κ3) is 8.25. The van der Waals surface area contributed by atoms with Gasteiger partial charge in [-0.15, -0.1) is 24.0 Å². The van der Waals surface area contributed by atoms with Crippen molar-refractivity contribution >= 4 is 35.8 Å². The average Bonchev–Trinajstić information content (AvgIpc) is 3.14. The molecule has 0 radical (unpaired) electrons. The van der Waals surface area contributed by atoms with Crippen molar-refractivity contribution in [1.82, 2.24) is 16.0 Å². The number of hydrogen-bond acceptors (Lipinski definition) is 3. The van der Waals surface area contributed by atoms with Crippen molar-refractivity contribution in [3.8, 4) is 5.75 Å². The number of guanidine groups is 1. The Balaban J connectivity index is 0.00000338. The minimum atomic E-state index is 0. The molecule has 3 N–H and O–H groups in total. The molecule has 0 saturated heterocycles. The molecule has 26 heavy (non-hydrogen) atoms. The number of methoxy groups -OCH3 is 1. The molecule has 1 saturated carbocycles. The SMILES string of the molecule is CN=C(NCCNC(=O)CC1CCCC1)NCc1cccc(OC)c1.I. The summed E-state index contributed by atoms with van der Waals surface area (Å²) in [6.07, 6.45) is 5.62. The maximum Gasteiger partial charge on any atom is 0.220 e. The van der Waals surface area contributed by atoms with Gasteiger partial charge in [0.25, 0.3) is 0 Å². The lowest BCUT2D eigenvalue weighted by Gasteiger charge is -2.13. The highest BCUT2D eigenvalue weighted by Gasteiger charge is 2.17. The molecule has 1 aliphatic rings. The molecule has 0 unspecified atom stereocenters. The summed E-state index contributed by atoms with van der Waals surface area (Å²) in [7, 11) is 3.40. The number of carbonyl (C=O) groups is 1. The van der Waals surface area contributed by atoms with Gasteiger partial charge < -0.3 is 20.7 Å². The fourth-order valence-electron chi connectivity index (χ4n) is 3.12. The van der Waals surface area contributed by atoms with Gasteiger partial charge in [0.05, 0.1) is 7.11 Å². The maximum absolute atomic E-state index is 11.9. The van der Waals surface area contributed by atoms with Gasteiger partial charge in [-0.05, 0) is 36.5 Å². The molecule has 0 atom stereocenters. The molecule has 1 fully saturated rings. The van der Waals surface area contributed by atoms with Crippen LogP contribution in [0.25, 0.3) is 0 Å². The van der Waals surface area contributed by atoms with E-state index in [9.17, 15) is 4.79 Å². The highest BCUT2D eigenvalue weighted by atomic mass is 127. The number of nitrogens with one attached hydrogen (secondary N) is 3. The van der Waals surface area contributed by atoms with Crippen LogP contribution in [0.5, 0.6) is 5.75 Å². The smallest absolute Gasteiger partial charge is 0.220 e. The molecule has 7 heteroatoms. The van der Waals surface area contributed by atoms with Crippen LogP contribution in [0, 0.1) is 5.92 Å². The fourth-order valence-corrected chi connectivity index (χ4v) is 3.12. The lowest BCUT2D eigenvalue weighted by molar-refractivity contribution is -0.121. The van der Waals surface area contributed by atoms with Crippen molar-refractivity contribution in [1.29, 1.82) is 0 Å². The topological polar surface area (TPSA) is 74.8 Å². The number of carbonyl (C=O) groups excluding carboxylic acids is 1. The summed E-state index contributed by atoms with van der Waals surface area (Å²) in [4.78, 5) is 16.1. The van der Waals surface area contributed by atoms with Crippen LogP contribution >= 0.6 is 24.0 Å². The largest absolute Gasteiger partial charge is 0.497 e. The summed E-state index contributed by atoms with van der Waals surface area (Å²) in [5, 5.41) is 9.44. The van der Waals surface area contributed by atoms with Crippen molar-refractivity contribution in [2.24, 2.45) is 10.9 Å². The lowest BCUT2D eigenvalue weighted by atomic mass is 10.0. The summed E-state index contributed by atoms with van der Waals surface area (Å²) in [5.41, 5.74) is 1.12. The van der Waals surface area contributed by atoms with Crippen molar-refractivity contribution in [2.45, 2.75) is 38.6 Å². The van der Waals surface area contributed by atoms with Gasteiger partial charge in [-0.1, -0.05) is 25.0 Å². The van der Waals surface area contributed by atoms with Gasteiger partial charge in [0.2, 0.25) is 5.91 Å². The van der Waals surface area contributed by atoms with E-state index in [2.05, 4.69) is 20.9 Å². The van der Waals surface area contributed by atoms with Crippen LogP contribution in [0.2, 0.25) is 0 Å². The van der Waals surface area contributed by atoms with Gasteiger partial charge in [0.1, 0.15) is 5.75 Å². The van der Waals surface area contributed by atoms with Crippen molar-refractivity contribution in [3.63, 3.8) is 0 Å². The van der Waals surface area contributed by atoms with E-state index in [0.717, 1.165) is 11.3 Å². The van der Waals surface area contributed by atoms with E-state index in [4.69, 9.17) is 4.74 Å². The second kappa shape index (κ2) is 12.8. The molecule has 0 aromatic heterocycles. The molecule has 0 bridgehead atoms. The quantitative estimate of drug-likeness (QED) is 0.235. The number of rotatable bonds is 8. The van der Waals surface area contributed by atoms with E-state index in [1.807, 2.05) is 24.3 Å². The Morgan fingerprint density at radius 2 is 1.92 bits per heavy atom. The van der Waals surface area contributed by atoms with Crippen LogP contribution in [-0.2, 0) is 11.3 Å². The van der Waals surface area contributed by atoms with Gasteiger partial charge in [0.15, 0.2) is 5.96 Å². The number of aliphatic imine (C=N–C) groups is 1. The first-order valence-electron chi connectivity index (χ1n) is 9.05. The minimum absolute atomic E-state index is 0. The first-order chi connectivity index (χ1) is 12.2. The van der Waals surface area contributed by atoms with Gasteiger partial charge >= 0.3 is 0 Å². The number of hydrogen-bond donors (Lipinski definition) is 3. The summed E-state index contributed by atoms with van der Waals surface area (Å²) < 4.78 is 5.22. The Bertz CT molecular complexity index is 574. The molecule has 0 heterocycles. The second-order valence-electron chi connectivity index (χ2n) is 6.41. The zero-order valence-electron chi connectivity index (χ0n) is 15.7. The van der Waals surface area contributed by atoms with E-state index < -0.39 is 0 Å². The van der Waals surface area contributed by atoms with E-state index in [-0.39, 0.29) is 29.9 Å². The molecular formula is C19H31IN4O2. The van der Waals surface area contributed by atoms with Gasteiger partial charge in [0, 0.05) is 33.1 Å². The van der Waals surface area contributed by atoms with Crippen LogP contribution in [-0.4, -0.2) is 39.1 Å². The third-order valence-corrected chi connectivity index (χ3v) is 4.51. The van der Waals surface area contributed by atoms with E-state index in [0.29, 0.717) is 37.9 Å². The molecular weight excluding hydrogens is 443 g/mol. The van der Waals surface area contributed by atoms with Crippen LogP contribution in [0.4, 0.5) is 0 Å². The van der Waals surface area contributed by atoms with Crippen LogP contribution in [0.1, 0.15) is 37.7 Å². The van der Waals surface area contributed by atoms with Crippen LogP contribution in [0.15, 0.2) is 29.3 Å². The first kappa shape index (κ1) is 22.5. The molecule has 1 aromatic carbocycles. The van der Waals surface area contributed by atoms with E-state index in [1.165, 1.54) is 25.7 Å². The molecule has 0 spiro atoms. The Morgan fingerprint density at radius 1 is 1.19 bits per heavy atom. The monoisotopic (exact) mass is 474 g/mol. The van der Waals surface area contributed by atoms with Crippen molar-refractivity contribution in [2.75, 3.05) is 27.2 Å². The van der Waals surface area contributed by atoms with E-state index >= 15 is 0 Å². The summed E-state index contributed by atoms with van der Waals surface area (Å²) in [6, 6.07) is 7.91. The van der Waals surface area contributed by atoms with Gasteiger partial charge in [-0.25, -0.2) is 0 Å². The number of halogens is 1. The molecule has 0 aliphatic heterocycles. The minimum Gasteiger partial charge on any atom is -0.497 e. The zero-order chi connectivity index (χ0) is 17.9. The summed E-state index contributed by atoms with van der Waals surface area (Å²) in [5.74, 6) is 2.30. The predicted octanol–water partition coefficient (Wildman–Crippen LogP) is 2.67. The highest BCUT2D eigenvalue weighted by Crippen LogP contribution is 2.27. The second-order valence-corrected chi connectivity index (χ2v) is 6.41. The summed E-state index contributed by atoms with van der Waals surface area (Å²) >= 11 is 0. The van der Waals surface area contributed by atoms with Crippen LogP contribution in [0.3, 0.4) is 0 Å². The standard InChI is InChI=1S/C19H30N4O2.HI/c1-20-19(23-14-16-8-5-9-17(12-16)25-2)22-11-10-21-18(24)13-15-6-3-4-7-15;/h5,8-9,12,15H,3-4,6-7,10-11,13-14H2,1-2H3,(H,21,24)(H2,20,22,23);1H. The third-order valence-electron chi connectivity index (χ3n) is 4.51. The van der Waals surface area contributed by atoms with Gasteiger partial charge in [-0.3, -0.25) is 9.79 Å². The predicted molar refractivity (Wildman–Crippen MR) is 116 cm³/mol. The average molecular weight is 474 g/mol. The summed E-state index contributed by atoms with van der Waals surface area (Å²) in [6.45, 7) is 1.91. The Labute approximate surface area is 173 Å². The highest BCUT2D eigenvalue weighted by molar-refractivity contribution is 14.0. The normalized spacial score (nSPS) is 14.5. The van der Waals surface area contributed by atoms with Crippen molar-refractivity contribution in [3.05, 3.63) is 29.8 Å². The molecule has 6 nitrogen and oxygen atoms in total. The van der Waals surface area contributed by atoms with Crippen molar-refractivity contribution < 1.29 is 9.53 Å². The first-order valence-corrected chi connectivity index (χ1v) is 9.05. The zero-order valence-corrected chi connectivity index (χ0v) is 18.0. The molecule has 1 amide bonds. The molecule has 2 rings (SSSR count). The maximum atomic E-state index is 11.9. The van der Waals surface area contributed by atoms with Crippen LogP contribution < -0.4 is 20.7 Å². The number of ether oxygens (including phenoxy) is 1. The number of amides is 1. The molecule has 1 aliphatic carbocycles. The van der Waals surface area contributed by atoms with E-state index in [1.54, 1.807) is 14.2 Å². The van der Waals surface area contributed by atoms with Gasteiger partial charge in [-0.2, -0.15) is 0 Å².